The van der Waals surface area contributed by atoms with Gasteiger partial charge in [-0.3, -0.25) is 4.79 Å². The summed E-state index contributed by atoms with van der Waals surface area (Å²) in [6.07, 6.45) is 3.30. The van der Waals surface area contributed by atoms with E-state index >= 15 is 0 Å². The second-order valence-electron chi connectivity index (χ2n) is 4.05. The average molecular weight is 156 g/mol. The summed E-state index contributed by atoms with van der Waals surface area (Å²) in [4.78, 5) is 11.1. The van der Waals surface area contributed by atoms with Crippen LogP contribution < -0.4 is 0 Å². The molecular weight excluding hydrogens is 140 g/mol. The monoisotopic (exact) mass is 156 g/mol. The van der Waals surface area contributed by atoms with Crippen LogP contribution in [-0.2, 0) is 4.79 Å². The molecule has 0 heterocycles. The Hall–Kier alpha value is -0.370. The number of ketones is 1. The van der Waals surface area contributed by atoms with Crippen molar-refractivity contribution in [3.05, 3.63) is 0 Å². The van der Waals surface area contributed by atoms with E-state index in [0.717, 1.165) is 12.8 Å². The lowest BCUT2D eigenvalue weighted by atomic mass is 10.00. The second kappa shape index (κ2) is 2.94. The zero-order valence-electron chi connectivity index (χ0n) is 7.26. The lowest BCUT2D eigenvalue weighted by molar-refractivity contribution is -0.121. The van der Waals surface area contributed by atoms with E-state index < -0.39 is 5.60 Å². The molecule has 1 aliphatic rings. The fourth-order valence-corrected chi connectivity index (χ4v) is 1.04. The van der Waals surface area contributed by atoms with E-state index in [2.05, 4.69) is 0 Å². The van der Waals surface area contributed by atoms with Gasteiger partial charge in [-0.15, -0.1) is 0 Å². The molecular formula is C9H16O2. The molecule has 0 spiro atoms. The van der Waals surface area contributed by atoms with Gasteiger partial charge in [-0.2, -0.15) is 0 Å². The zero-order valence-corrected chi connectivity index (χ0v) is 7.26. The van der Waals surface area contributed by atoms with Gasteiger partial charge >= 0.3 is 0 Å². The van der Waals surface area contributed by atoms with Crippen molar-refractivity contribution in [2.45, 2.75) is 45.1 Å². The highest BCUT2D eigenvalue weighted by Crippen LogP contribution is 2.31. The van der Waals surface area contributed by atoms with Crippen molar-refractivity contribution >= 4 is 5.78 Å². The van der Waals surface area contributed by atoms with Gasteiger partial charge in [0, 0.05) is 12.3 Å². The molecule has 0 saturated heterocycles. The first-order chi connectivity index (χ1) is 4.99. The van der Waals surface area contributed by atoms with Crippen molar-refractivity contribution in [3.63, 3.8) is 0 Å². The molecule has 0 radical (unpaired) electrons. The van der Waals surface area contributed by atoms with Crippen LogP contribution in [0.5, 0.6) is 0 Å². The summed E-state index contributed by atoms with van der Waals surface area (Å²) in [5.41, 5.74) is -0.676. The summed E-state index contributed by atoms with van der Waals surface area (Å²) in [7, 11) is 0. The van der Waals surface area contributed by atoms with Crippen molar-refractivity contribution in [1.29, 1.82) is 0 Å². The fraction of sp³-hybridized carbons (Fsp3) is 0.889. The Labute approximate surface area is 67.6 Å². The summed E-state index contributed by atoms with van der Waals surface area (Å²) >= 11 is 0. The van der Waals surface area contributed by atoms with Crippen LogP contribution in [0.15, 0.2) is 0 Å². The van der Waals surface area contributed by atoms with Gasteiger partial charge in [-0.05, 0) is 33.1 Å². The number of aliphatic hydroxyl groups is 1. The maximum Gasteiger partial charge on any atom is 0.136 e. The first-order valence-corrected chi connectivity index (χ1v) is 4.24. The number of rotatable bonds is 4. The van der Waals surface area contributed by atoms with Gasteiger partial charge < -0.3 is 5.11 Å². The van der Waals surface area contributed by atoms with E-state index in [1.165, 1.54) is 0 Å². The van der Waals surface area contributed by atoms with E-state index in [1.54, 1.807) is 13.8 Å². The highest BCUT2D eigenvalue weighted by Gasteiger charge is 2.29. The van der Waals surface area contributed by atoms with Crippen LogP contribution in [0.1, 0.15) is 39.5 Å². The normalized spacial score (nSPS) is 18.5. The molecule has 0 aromatic heterocycles. The molecule has 2 nitrogen and oxygen atoms in total. The lowest BCUT2D eigenvalue weighted by Crippen LogP contribution is -2.20. The van der Waals surface area contributed by atoms with Gasteiger partial charge in [0.05, 0.1) is 5.60 Å². The molecule has 0 aromatic rings. The van der Waals surface area contributed by atoms with Crippen LogP contribution in [0.25, 0.3) is 0 Å². The van der Waals surface area contributed by atoms with E-state index in [0.29, 0.717) is 24.5 Å². The number of carbonyl (C=O) groups is 1. The molecule has 1 rings (SSSR count). The summed E-state index contributed by atoms with van der Waals surface area (Å²) in [5.74, 6) is 0.685. The number of hydrogen-bond donors (Lipinski definition) is 1. The second-order valence-corrected chi connectivity index (χ2v) is 4.05. The van der Waals surface area contributed by atoms with Gasteiger partial charge in [0.25, 0.3) is 0 Å². The Kier molecular flexibility index (Phi) is 2.33. The van der Waals surface area contributed by atoms with Crippen molar-refractivity contribution < 1.29 is 9.90 Å². The van der Waals surface area contributed by atoms with Gasteiger partial charge in [-0.1, -0.05) is 0 Å². The highest BCUT2D eigenvalue weighted by molar-refractivity contribution is 5.83. The third kappa shape index (κ3) is 3.51. The molecule has 0 aliphatic heterocycles. The molecule has 1 aliphatic carbocycles. The van der Waals surface area contributed by atoms with Crippen molar-refractivity contribution in [2.75, 3.05) is 0 Å². The van der Waals surface area contributed by atoms with Crippen molar-refractivity contribution in [3.8, 4) is 0 Å². The van der Waals surface area contributed by atoms with Crippen molar-refractivity contribution in [2.24, 2.45) is 5.92 Å². The van der Waals surface area contributed by atoms with E-state index in [4.69, 9.17) is 0 Å². The smallest absolute Gasteiger partial charge is 0.136 e. The summed E-state index contributed by atoms with van der Waals surface area (Å²) in [5, 5.41) is 9.32. The molecule has 1 fully saturated rings. The van der Waals surface area contributed by atoms with Crippen LogP contribution in [0.2, 0.25) is 0 Å². The third-order valence-electron chi connectivity index (χ3n) is 2.02. The molecule has 2 heteroatoms. The van der Waals surface area contributed by atoms with Gasteiger partial charge in [0.2, 0.25) is 0 Å². The lowest BCUT2D eigenvalue weighted by Gasteiger charge is -2.15. The molecule has 1 saturated carbocycles. The minimum absolute atomic E-state index is 0.340. The predicted octanol–water partition coefficient (Wildman–Crippen LogP) is 1.52. The Balaban J connectivity index is 2.16. The fourth-order valence-electron chi connectivity index (χ4n) is 1.04. The Morgan fingerprint density at radius 3 is 2.45 bits per heavy atom. The van der Waals surface area contributed by atoms with Gasteiger partial charge in [0.15, 0.2) is 0 Å². The summed E-state index contributed by atoms with van der Waals surface area (Å²) in [6.45, 7) is 3.49. The molecule has 0 unspecified atom stereocenters. The molecule has 1 N–H and O–H groups in total. The Morgan fingerprint density at radius 1 is 1.55 bits per heavy atom. The van der Waals surface area contributed by atoms with Gasteiger partial charge in [-0.25, -0.2) is 0 Å². The Bertz CT molecular complexity index is 151. The first-order valence-electron chi connectivity index (χ1n) is 4.24. The third-order valence-corrected chi connectivity index (χ3v) is 2.02. The zero-order chi connectivity index (χ0) is 8.48. The van der Waals surface area contributed by atoms with Crippen LogP contribution >= 0.6 is 0 Å². The summed E-state index contributed by atoms with van der Waals surface area (Å²) in [6, 6.07) is 0. The van der Waals surface area contributed by atoms with Gasteiger partial charge in [0.1, 0.15) is 5.78 Å². The molecule has 0 amide bonds. The first kappa shape index (κ1) is 8.72. The van der Waals surface area contributed by atoms with Crippen LogP contribution in [-0.4, -0.2) is 16.5 Å². The summed E-state index contributed by atoms with van der Waals surface area (Å²) < 4.78 is 0. The van der Waals surface area contributed by atoms with Crippen molar-refractivity contribution in [1.82, 2.24) is 0 Å². The average Bonchev–Trinajstić information content (AvgIpc) is 2.61. The van der Waals surface area contributed by atoms with E-state index in [-0.39, 0.29) is 0 Å². The minimum Gasteiger partial charge on any atom is -0.390 e. The largest absolute Gasteiger partial charge is 0.390 e. The quantitative estimate of drug-likeness (QED) is 0.670. The van der Waals surface area contributed by atoms with Crippen LogP contribution in [0.4, 0.5) is 0 Å². The predicted molar refractivity (Wildman–Crippen MR) is 43.3 cm³/mol. The minimum atomic E-state index is -0.676. The number of hydrogen-bond acceptors (Lipinski definition) is 2. The molecule has 0 bridgehead atoms. The maximum atomic E-state index is 11.1. The van der Waals surface area contributed by atoms with Crippen LogP contribution in [0.3, 0.4) is 0 Å². The standard InChI is InChI=1S/C9H16O2/c1-9(2,11)6-5-8(10)7-3-4-7/h7,11H,3-6H2,1-2H3. The molecule has 0 aromatic carbocycles. The molecule has 11 heavy (non-hydrogen) atoms. The maximum absolute atomic E-state index is 11.1. The number of Topliss-reactive ketones (excluding diaryl/α,β-unsaturated/α-hetero) is 1. The molecule has 64 valence electrons. The van der Waals surface area contributed by atoms with Crippen LogP contribution in [0, 0.1) is 5.92 Å². The Morgan fingerprint density at radius 2 is 2.09 bits per heavy atom. The highest BCUT2D eigenvalue weighted by atomic mass is 16.3. The number of carbonyl (C=O) groups excluding carboxylic acids is 1. The molecule has 0 atom stereocenters. The topological polar surface area (TPSA) is 37.3 Å². The van der Waals surface area contributed by atoms with E-state index in [9.17, 15) is 9.90 Å². The van der Waals surface area contributed by atoms with E-state index in [1.807, 2.05) is 0 Å². The SMILES string of the molecule is CC(C)(O)CCC(=O)C1CC1.